The molecule has 0 fully saturated rings. The van der Waals surface area contributed by atoms with E-state index in [0.29, 0.717) is 5.92 Å². The van der Waals surface area contributed by atoms with Crippen LogP contribution in [-0.4, -0.2) is 15.2 Å². The Hall–Kier alpha value is -1.49. The Balaban J connectivity index is 2.41. The van der Waals surface area contributed by atoms with Gasteiger partial charge in [0.25, 0.3) is 0 Å². The fourth-order valence-corrected chi connectivity index (χ4v) is 1.97. The van der Waals surface area contributed by atoms with Crippen LogP contribution in [0.5, 0.6) is 0 Å². The Morgan fingerprint density at radius 1 is 1.40 bits per heavy atom. The van der Waals surface area contributed by atoms with Crippen molar-refractivity contribution in [3.63, 3.8) is 0 Å². The zero-order valence-corrected chi connectivity index (χ0v) is 9.34. The molecule has 1 N–H and O–H groups in total. The fraction of sp³-hybridized carbons (Fsp3) is 0.300. The summed E-state index contributed by atoms with van der Waals surface area (Å²) in [6, 6.07) is 3.01. The van der Waals surface area contributed by atoms with Gasteiger partial charge in [-0.15, -0.1) is 10.2 Å². The Kier molecular flexibility index (Phi) is 2.64. The second-order valence-corrected chi connectivity index (χ2v) is 4.55. The largest absolute Gasteiger partial charge is 0.359 e. The first-order chi connectivity index (χ1) is 7.16. The van der Waals surface area contributed by atoms with Gasteiger partial charge in [-0.2, -0.15) is 0 Å². The summed E-state index contributed by atoms with van der Waals surface area (Å²) in [5, 5.41) is 9.86. The maximum absolute atomic E-state index is 11.1. The maximum Gasteiger partial charge on any atom is 0.182 e. The minimum absolute atomic E-state index is 0.0231. The lowest BCUT2D eigenvalue weighted by Gasteiger charge is -1.94. The predicted octanol–water partition coefficient (Wildman–Crippen LogP) is 2.02. The molecule has 0 amide bonds. The molecule has 2 heterocycles. The number of nitrogens with one attached hydrogen (secondary N) is 1. The summed E-state index contributed by atoms with van der Waals surface area (Å²) in [7, 11) is 0. The summed E-state index contributed by atoms with van der Waals surface area (Å²) in [4.78, 5) is 14.1. The van der Waals surface area contributed by atoms with Crippen LogP contribution >= 0.6 is 11.3 Å². The molecule has 0 aromatic carbocycles. The van der Waals surface area contributed by atoms with E-state index in [0.717, 1.165) is 15.7 Å². The first kappa shape index (κ1) is 10.0. The lowest BCUT2D eigenvalue weighted by Crippen LogP contribution is -1.97. The summed E-state index contributed by atoms with van der Waals surface area (Å²) >= 11 is 1.51. The van der Waals surface area contributed by atoms with Crippen molar-refractivity contribution in [2.24, 2.45) is 0 Å². The molecule has 0 radical (unpaired) electrons. The van der Waals surface area contributed by atoms with Gasteiger partial charge in [0.1, 0.15) is 5.01 Å². The van der Waals surface area contributed by atoms with Crippen molar-refractivity contribution in [3.05, 3.63) is 33.6 Å². The molecule has 0 spiro atoms. The molecule has 0 aliphatic rings. The zero-order chi connectivity index (χ0) is 10.8. The summed E-state index contributed by atoms with van der Waals surface area (Å²) < 4.78 is 0. The van der Waals surface area contributed by atoms with Crippen LogP contribution in [0, 0.1) is 0 Å². The predicted molar refractivity (Wildman–Crippen MR) is 60.1 cm³/mol. The molecule has 0 aliphatic carbocycles. The number of hydrogen-bond donors (Lipinski definition) is 1. The summed E-state index contributed by atoms with van der Waals surface area (Å²) in [6.45, 7) is 4.13. The standard InChI is InChI=1S/C10H11N3OS/c1-6(2)9-12-13-10(15-9)8-5-7(14)3-4-11-8/h3-6H,1-2H3,(H,11,14). The monoisotopic (exact) mass is 221 g/mol. The third-order valence-corrected chi connectivity index (χ3v) is 3.20. The van der Waals surface area contributed by atoms with Gasteiger partial charge in [0.2, 0.25) is 0 Å². The minimum atomic E-state index is -0.0231. The molecule has 78 valence electrons. The smallest absolute Gasteiger partial charge is 0.182 e. The quantitative estimate of drug-likeness (QED) is 0.844. The van der Waals surface area contributed by atoms with E-state index in [4.69, 9.17) is 0 Å². The van der Waals surface area contributed by atoms with Gasteiger partial charge in [-0.1, -0.05) is 25.2 Å². The molecular formula is C10H11N3OS. The van der Waals surface area contributed by atoms with Gasteiger partial charge in [0, 0.05) is 24.2 Å². The highest BCUT2D eigenvalue weighted by molar-refractivity contribution is 7.14. The third-order valence-electron chi connectivity index (χ3n) is 1.94. The van der Waals surface area contributed by atoms with E-state index in [1.54, 1.807) is 6.20 Å². The van der Waals surface area contributed by atoms with Crippen LogP contribution in [0.1, 0.15) is 24.8 Å². The van der Waals surface area contributed by atoms with Crippen LogP contribution in [0.2, 0.25) is 0 Å². The number of H-pyrrole nitrogens is 1. The van der Waals surface area contributed by atoms with Crippen molar-refractivity contribution in [3.8, 4) is 10.7 Å². The third kappa shape index (κ3) is 2.12. The average Bonchev–Trinajstić information content (AvgIpc) is 2.66. The molecule has 4 nitrogen and oxygen atoms in total. The van der Waals surface area contributed by atoms with Gasteiger partial charge in [0.15, 0.2) is 10.4 Å². The minimum Gasteiger partial charge on any atom is -0.359 e. The lowest BCUT2D eigenvalue weighted by molar-refractivity contribution is 0.825. The van der Waals surface area contributed by atoms with Gasteiger partial charge in [-0.3, -0.25) is 4.79 Å². The van der Waals surface area contributed by atoms with E-state index in [1.165, 1.54) is 23.5 Å². The molecule has 15 heavy (non-hydrogen) atoms. The molecule has 0 bridgehead atoms. The highest BCUT2D eigenvalue weighted by Gasteiger charge is 2.09. The van der Waals surface area contributed by atoms with Gasteiger partial charge in [0.05, 0.1) is 5.69 Å². The van der Waals surface area contributed by atoms with E-state index in [1.807, 2.05) is 0 Å². The average molecular weight is 221 g/mol. The van der Waals surface area contributed by atoms with Crippen molar-refractivity contribution in [1.82, 2.24) is 15.2 Å². The van der Waals surface area contributed by atoms with Crippen LogP contribution in [-0.2, 0) is 0 Å². The van der Waals surface area contributed by atoms with Gasteiger partial charge >= 0.3 is 0 Å². The topological polar surface area (TPSA) is 58.6 Å². The maximum atomic E-state index is 11.1. The van der Waals surface area contributed by atoms with Crippen molar-refractivity contribution in [1.29, 1.82) is 0 Å². The molecule has 2 aromatic heterocycles. The van der Waals surface area contributed by atoms with E-state index >= 15 is 0 Å². The second-order valence-electron chi connectivity index (χ2n) is 3.54. The van der Waals surface area contributed by atoms with Crippen molar-refractivity contribution in [2.45, 2.75) is 19.8 Å². The van der Waals surface area contributed by atoms with Crippen LogP contribution in [0.3, 0.4) is 0 Å². The Morgan fingerprint density at radius 2 is 2.20 bits per heavy atom. The van der Waals surface area contributed by atoms with Crippen LogP contribution in [0.4, 0.5) is 0 Å². The van der Waals surface area contributed by atoms with Crippen LogP contribution < -0.4 is 5.43 Å². The molecule has 0 aliphatic heterocycles. The number of aromatic nitrogens is 3. The molecule has 0 saturated heterocycles. The number of rotatable bonds is 2. The van der Waals surface area contributed by atoms with Crippen LogP contribution in [0.15, 0.2) is 23.1 Å². The second kappa shape index (κ2) is 3.94. The molecule has 0 unspecified atom stereocenters. The highest BCUT2D eigenvalue weighted by Crippen LogP contribution is 2.24. The van der Waals surface area contributed by atoms with Crippen LogP contribution in [0.25, 0.3) is 10.7 Å². The first-order valence-corrected chi connectivity index (χ1v) is 5.51. The van der Waals surface area contributed by atoms with Crippen molar-refractivity contribution < 1.29 is 0 Å². The molecule has 0 saturated carbocycles. The Morgan fingerprint density at radius 3 is 2.80 bits per heavy atom. The summed E-state index contributed by atoms with van der Waals surface area (Å²) in [6.07, 6.45) is 1.62. The van der Waals surface area contributed by atoms with E-state index in [9.17, 15) is 4.79 Å². The van der Waals surface area contributed by atoms with E-state index in [2.05, 4.69) is 29.0 Å². The van der Waals surface area contributed by atoms with Crippen molar-refractivity contribution >= 4 is 11.3 Å². The van der Waals surface area contributed by atoms with Crippen molar-refractivity contribution in [2.75, 3.05) is 0 Å². The molecule has 2 rings (SSSR count). The number of nitrogens with zero attached hydrogens (tertiary/aromatic N) is 2. The van der Waals surface area contributed by atoms with Gasteiger partial charge in [-0.25, -0.2) is 0 Å². The SMILES string of the molecule is CC(C)c1nnc(-c2cc(=O)cc[nH]2)s1. The normalized spacial score (nSPS) is 10.9. The lowest BCUT2D eigenvalue weighted by atomic mass is 10.2. The van der Waals surface area contributed by atoms with Gasteiger partial charge in [-0.05, 0) is 0 Å². The fourth-order valence-electron chi connectivity index (χ4n) is 1.15. The number of hydrogen-bond acceptors (Lipinski definition) is 4. The zero-order valence-electron chi connectivity index (χ0n) is 8.52. The molecule has 0 atom stereocenters. The Bertz CT molecular complexity index is 515. The number of aromatic amines is 1. The molecular weight excluding hydrogens is 210 g/mol. The molecule has 2 aromatic rings. The Labute approximate surface area is 91.0 Å². The first-order valence-electron chi connectivity index (χ1n) is 4.69. The van der Waals surface area contributed by atoms with Gasteiger partial charge < -0.3 is 4.98 Å². The highest BCUT2D eigenvalue weighted by atomic mass is 32.1. The summed E-state index contributed by atoms with van der Waals surface area (Å²) in [5.74, 6) is 0.367. The molecule has 5 heteroatoms. The van der Waals surface area contributed by atoms with E-state index < -0.39 is 0 Å². The van der Waals surface area contributed by atoms with E-state index in [-0.39, 0.29) is 5.43 Å². The summed E-state index contributed by atoms with van der Waals surface area (Å²) in [5.41, 5.74) is 0.706. The number of pyridine rings is 1.